The highest BCUT2D eigenvalue weighted by Gasteiger charge is 2.29. The summed E-state index contributed by atoms with van der Waals surface area (Å²) in [6.07, 6.45) is 4.21. The summed E-state index contributed by atoms with van der Waals surface area (Å²) in [6, 6.07) is 15.1. The van der Waals surface area contributed by atoms with E-state index in [-0.39, 0.29) is 5.75 Å². The standard InChI is InChI=1S/C16H14O2S/c17-14-7-6-13-11-16(18,9-8-12(13)10-14)19-15-4-2-1-3-5-15/h1-10,17-18H,11H2. The number of hydrogen-bond acceptors (Lipinski definition) is 3. The number of benzene rings is 2. The second-order valence-corrected chi connectivity index (χ2v) is 6.04. The van der Waals surface area contributed by atoms with E-state index >= 15 is 0 Å². The maximum Gasteiger partial charge on any atom is 0.137 e. The van der Waals surface area contributed by atoms with Crippen molar-refractivity contribution in [3.63, 3.8) is 0 Å². The van der Waals surface area contributed by atoms with E-state index in [1.807, 2.05) is 42.5 Å². The van der Waals surface area contributed by atoms with Crippen molar-refractivity contribution in [3.05, 3.63) is 65.7 Å². The highest BCUT2D eigenvalue weighted by molar-refractivity contribution is 8.00. The molecule has 0 spiro atoms. The monoisotopic (exact) mass is 270 g/mol. The number of thioether (sulfide) groups is 1. The Labute approximate surface area is 116 Å². The van der Waals surface area contributed by atoms with Gasteiger partial charge in [-0.1, -0.05) is 42.1 Å². The summed E-state index contributed by atoms with van der Waals surface area (Å²) in [5.41, 5.74) is 2.02. The molecule has 1 unspecified atom stereocenters. The van der Waals surface area contributed by atoms with Gasteiger partial charge in [0.15, 0.2) is 0 Å². The molecule has 0 heterocycles. The molecule has 0 saturated carbocycles. The maximum absolute atomic E-state index is 10.7. The van der Waals surface area contributed by atoms with Crippen LogP contribution >= 0.6 is 11.8 Å². The zero-order valence-corrected chi connectivity index (χ0v) is 11.1. The first kappa shape index (κ1) is 12.3. The summed E-state index contributed by atoms with van der Waals surface area (Å²) in [5, 5.41) is 20.1. The van der Waals surface area contributed by atoms with Gasteiger partial charge in [-0.05, 0) is 41.5 Å². The fourth-order valence-electron chi connectivity index (χ4n) is 2.21. The fraction of sp³-hybridized carbons (Fsp3) is 0.125. The molecule has 0 fully saturated rings. The summed E-state index contributed by atoms with van der Waals surface area (Å²) in [5.74, 6) is 0.254. The predicted octanol–water partition coefficient (Wildman–Crippen LogP) is 3.44. The highest BCUT2D eigenvalue weighted by Crippen LogP contribution is 2.39. The summed E-state index contributed by atoms with van der Waals surface area (Å²) in [4.78, 5) is 0.114. The van der Waals surface area contributed by atoms with Gasteiger partial charge in [-0.25, -0.2) is 0 Å². The van der Waals surface area contributed by atoms with Crippen molar-refractivity contribution in [3.8, 4) is 5.75 Å². The van der Waals surface area contributed by atoms with E-state index in [0.29, 0.717) is 6.42 Å². The van der Waals surface area contributed by atoms with E-state index in [1.165, 1.54) is 11.8 Å². The van der Waals surface area contributed by atoms with Crippen molar-refractivity contribution in [1.29, 1.82) is 0 Å². The molecule has 1 aliphatic carbocycles. The van der Waals surface area contributed by atoms with Crippen molar-refractivity contribution < 1.29 is 10.2 Å². The Balaban J connectivity index is 1.87. The quantitative estimate of drug-likeness (QED) is 0.821. The molecule has 0 radical (unpaired) electrons. The lowest BCUT2D eigenvalue weighted by Crippen LogP contribution is -2.26. The Morgan fingerprint density at radius 3 is 2.63 bits per heavy atom. The van der Waals surface area contributed by atoms with Gasteiger partial charge < -0.3 is 10.2 Å². The van der Waals surface area contributed by atoms with Crippen LogP contribution in [0.4, 0.5) is 0 Å². The Morgan fingerprint density at radius 2 is 1.84 bits per heavy atom. The predicted molar refractivity (Wildman–Crippen MR) is 78.1 cm³/mol. The van der Waals surface area contributed by atoms with Gasteiger partial charge in [0.25, 0.3) is 0 Å². The normalized spacial score (nSPS) is 21.1. The Morgan fingerprint density at radius 1 is 1.05 bits per heavy atom. The van der Waals surface area contributed by atoms with Gasteiger partial charge in [-0.15, -0.1) is 0 Å². The zero-order valence-electron chi connectivity index (χ0n) is 10.3. The average Bonchev–Trinajstić information content (AvgIpc) is 2.40. The van der Waals surface area contributed by atoms with Crippen LogP contribution in [0.5, 0.6) is 5.75 Å². The third kappa shape index (κ3) is 2.67. The van der Waals surface area contributed by atoms with Crippen LogP contribution in [0.2, 0.25) is 0 Å². The van der Waals surface area contributed by atoms with E-state index in [2.05, 4.69) is 0 Å². The molecule has 0 aliphatic heterocycles. The smallest absolute Gasteiger partial charge is 0.137 e. The first-order chi connectivity index (χ1) is 9.15. The lowest BCUT2D eigenvalue weighted by Gasteiger charge is -2.28. The summed E-state index contributed by atoms with van der Waals surface area (Å²) < 4.78 is 0. The van der Waals surface area contributed by atoms with Gasteiger partial charge in [0.05, 0.1) is 0 Å². The number of hydrogen-bond donors (Lipinski definition) is 2. The molecule has 0 bridgehead atoms. The minimum absolute atomic E-state index is 0.254. The Kier molecular flexibility index (Phi) is 3.09. The van der Waals surface area contributed by atoms with Crippen molar-refractivity contribution in [2.24, 2.45) is 0 Å². The minimum atomic E-state index is -0.925. The second-order valence-electron chi connectivity index (χ2n) is 4.65. The molecule has 3 rings (SSSR count). The number of phenolic OH excluding ortho intramolecular Hbond substituents is 1. The number of aliphatic hydroxyl groups is 1. The Bertz CT molecular complexity index is 622. The molecular formula is C16H14O2S. The molecule has 0 aromatic heterocycles. The largest absolute Gasteiger partial charge is 0.508 e. The molecule has 19 heavy (non-hydrogen) atoms. The molecule has 1 aliphatic rings. The van der Waals surface area contributed by atoms with Crippen LogP contribution in [0.15, 0.2) is 59.5 Å². The van der Waals surface area contributed by atoms with Crippen LogP contribution in [0.1, 0.15) is 11.1 Å². The Hall–Kier alpha value is -1.71. The lowest BCUT2D eigenvalue weighted by atomic mass is 9.95. The average molecular weight is 270 g/mol. The van der Waals surface area contributed by atoms with Crippen LogP contribution in [0.25, 0.3) is 6.08 Å². The second kappa shape index (κ2) is 4.76. The molecular weight excluding hydrogens is 256 g/mol. The summed E-state index contributed by atoms with van der Waals surface area (Å²) in [7, 11) is 0. The first-order valence-electron chi connectivity index (χ1n) is 6.12. The SMILES string of the molecule is Oc1ccc2c(c1)C=CC(O)(Sc1ccccc1)C2. The van der Waals surface area contributed by atoms with Crippen LogP contribution in [0, 0.1) is 0 Å². The highest BCUT2D eigenvalue weighted by atomic mass is 32.2. The van der Waals surface area contributed by atoms with E-state index in [4.69, 9.17) is 0 Å². The van der Waals surface area contributed by atoms with Gasteiger partial charge in [-0.3, -0.25) is 0 Å². The van der Waals surface area contributed by atoms with Gasteiger partial charge >= 0.3 is 0 Å². The van der Waals surface area contributed by atoms with Crippen LogP contribution in [-0.2, 0) is 6.42 Å². The van der Waals surface area contributed by atoms with E-state index in [0.717, 1.165) is 16.0 Å². The molecule has 1 atom stereocenters. The fourth-order valence-corrected chi connectivity index (χ4v) is 3.28. The van der Waals surface area contributed by atoms with E-state index < -0.39 is 4.93 Å². The number of fused-ring (bicyclic) bond motifs is 1. The molecule has 2 nitrogen and oxygen atoms in total. The number of rotatable bonds is 2. The molecule has 3 heteroatoms. The van der Waals surface area contributed by atoms with E-state index in [9.17, 15) is 10.2 Å². The third-order valence-corrected chi connectivity index (χ3v) is 4.28. The third-order valence-electron chi connectivity index (χ3n) is 3.13. The van der Waals surface area contributed by atoms with Crippen LogP contribution in [-0.4, -0.2) is 15.1 Å². The summed E-state index contributed by atoms with van der Waals surface area (Å²) >= 11 is 1.44. The molecule has 0 amide bonds. The van der Waals surface area contributed by atoms with Gasteiger partial charge in [-0.2, -0.15) is 0 Å². The topological polar surface area (TPSA) is 40.5 Å². The number of aromatic hydroxyl groups is 1. The van der Waals surface area contributed by atoms with Gasteiger partial charge in [0.2, 0.25) is 0 Å². The molecule has 2 aromatic carbocycles. The molecule has 2 aromatic rings. The van der Waals surface area contributed by atoms with Crippen molar-refractivity contribution in [2.45, 2.75) is 16.2 Å². The maximum atomic E-state index is 10.7. The zero-order chi connectivity index (χ0) is 13.3. The molecule has 96 valence electrons. The van der Waals surface area contributed by atoms with Crippen molar-refractivity contribution >= 4 is 17.8 Å². The lowest BCUT2D eigenvalue weighted by molar-refractivity contribution is 0.187. The van der Waals surface area contributed by atoms with Gasteiger partial charge in [0.1, 0.15) is 10.7 Å². The van der Waals surface area contributed by atoms with Crippen molar-refractivity contribution in [2.75, 3.05) is 0 Å². The molecule has 0 saturated heterocycles. The van der Waals surface area contributed by atoms with E-state index in [1.54, 1.807) is 18.2 Å². The van der Waals surface area contributed by atoms with Crippen molar-refractivity contribution in [1.82, 2.24) is 0 Å². The molecule has 2 N–H and O–H groups in total. The van der Waals surface area contributed by atoms with Gasteiger partial charge in [0, 0.05) is 11.3 Å². The van der Waals surface area contributed by atoms with Crippen LogP contribution in [0.3, 0.4) is 0 Å². The summed E-state index contributed by atoms with van der Waals surface area (Å²) in [6.45, 7) is 0. The minimum Gasteiger partial charge on any atom is -0.508 e. The van der Waals surface area contributed by atoms with Crippen LogP contribution < -0.4 is 0 Å². The first-order valence-corrected chi connectivity index (χ1v) is 6.94. The number of phenols is 1.